The van der Waals surface area contributed by atoms with Gasteiger partial charge in [-0.3, -0.25) is 10.1 Å². The molecular formula is C18H15Cl2N3O3S2. The second kappa shape index (κ2) is 7.61. The summed E-state index contributed by atoms with van der Waals surface area (Å²) < 4.78 is 27.4. The first-order valence-corrected chi connectivity index (χ1v) is 11.5. The molecule has 0 radical (unpaired) electrons. The number of carbonyl (C=O) groups is 1. The first-order valence-electron chi connectivity index (χ1n) is 8.52. The van der Waals surface area contributed by atoms with Crippen molar-refractivity contribution >= 4 is 65.8 Å². The topological polar surface area (TPSA) is 79.4 Å². The standard InChI is InChI=1S/C18H15Cl2N3O3S2/c19-12-9-14(20)16-15(10-12)27-18(21-16)22-17(24)11-3-5-13(6-4-11)28(25,26)23-7-1-2-8-23/h3-6,9-10H,1-2,7-8H2,(H,21,22,24). The van der Waals surface area contributed by atoms with Gasteiger partial charge in [0.05, 0.1) is 14.6 Å². The van der Waals surface area contributed by atoms with E-state index in [0.29, 0.717) is 39.3 Å². The smallest absolute Gasteiger partial charge is 0.257 e. The molecule has 28 heavy (non-hydrogen) atoms. The van der Waals surface area contributed by atoms with Gasteiger partial charge in [-0.2, -0.15) is 4.31 Å². The van der Waals surface area contributed by atoms with Gasteiger partial charge in [0.2, 0.25) is 10.0 Å². The van der Waals surface area contributed by atoms with Crippen molar-refractivity contribution in [1.29, 1.82) is 0 Å². The second-order valence-electron chi connectivity index (χ2n) is 6.34. The molecule has 0 unspecified atom stereocenters. The van der Waals surface area contributed by atoms with Gasteiger partial charge in [-0.1, -0.05) is 34.5 Å². The number of sulfonamides is 1. The molecule has 0 bridgehead atoms. The molecule has 0 spiro atoms. The number of hydrogen-bond donors (Lipinski definition) is 1. The van der Waals surface area contributed by atoms with Crippen molar-refractivity contribution in [3.63, 3.8) is 0 Å². The van der Waals surface area contributed by atoms with Crippen LogP contribution in [0.4, 0.5) is 5.13 Å². The molecule has 1 aliphatic rings. The van der Waals surface area contributed by atoms with E-state index in [1.165, 1.54) is 39.9 Å². The number of thiazole rings is 1. The van der Waals surface area contributed by atoms with Crippen LogP contribution in [0.5, 0.6) is 0 Å². The maximum Gasteiger partial charge on any atom is 0.257 e. The van der Waals surface area contributed by atoms with Gasteiger partial charge >= 0.3 is 0 Å². The van der Waals surface area contributed by atoms with Crippen molar-refractivity contribution in [2.24, 2.45) is 0 Å². The van der Waals surface area contributed by atoms with Crippen molar-refractivity contribution in [1.82, 2.24) is 9.29 Å². The number of nitrogens with zero attached hydrogens (tertiary/aromatic N) is 2. The van der Waals surface area contributed by atoms with Crippen LogP contribution in [0.2, 0.25) is 10.0 Å². The Balaban J connectivity index is 1.53. The fraction of sp³-hybridized carbons (Fsp3) is 0.222. The second-order valence-corrected chi connectivity index (χ2v) is 10.2. The van der Waals surface area contributed by atoms with Gasteiger partial charge in [-0.25, -0.2) is 13.4 Å². The summed E-state index contributed by atoms with van der Waals surface area (Å²) in [6, 6.07) is 9.23. The SMILES string of the molecule is O=C(Nc1nc2c(Cl)cc(Cl)cc2s1)c1ccc(S(=O)(=O)N2CCCC2)cc1. The number of amides is 1. The van der Waals surface area contributed by atoms with E-state index in [-0.39, 0.29) is 10.8 Å². The number of aromatic nitrogens is 1. The van der Waals surface area contributed by atoms with Crippen molar-refractivity contribution in [2.75, 3.05) is 18.4 Å². The highest BCUT2D eigenvalue weighted by Crippen LogP contribution is 2.34. The Morgan fingerprint density at radius 1 is 1.11 bits per heavy atom. The maximum atomic E-state index is 12.6. The third-order valence-electron chi connectivity index (χ3n) is 4.45. The summed E-state index contributed by atoms with van der Waals surface area (Å²) in [4.78, 5) is 17.0. The molecule has 1 amide bonds. The van der Waals surface area contributed by atoms with E-state index in [2.05, 4.69) is 10.3 Å². The Kier molecular flexibility index (Phi) is 5.32. The van der Waals surface area contributed by atoms with E-state index >= 15 is 0 Å². The van der Waals surface area contributed by atoms with Gasteiger partial charge in [0, 0.05) is 23.7 Å². The lowest BCUT2D eigenvalue weighted by Gasteiger charge is -2.15. The minimum Gasteiger partial charge on any atom is -0.298 e. The fourth-order valence-electron chi connectivity index (χ4n) is 3.04. The van der Waals surface area contributed by atoms with E-state index in [9.17, 15) is 13.2 Å². The molecule has 0 aliphatic carbocycles. The average Bonchev–Trinajstić information content (AvgIpc) is 3.32. The number of anilines is 1. The van der Waals surface area contributed by atoms with Crippen molar-refractivity contribution in [3.8, 4) is 0 Å². The lowest BCUT2D eigenvalue weighted by Crippen LogP contribution is -2.27. The van der Waals surface area contributed by atoms with E-state index < -0.39 is 10.0 Å². The quantitative estimate of drug-likeness (QED) is 0.621. The zero-order valence-corrected chi connectivity index (χ0v) is 17.6. The van der Waals surface area contributed by atoms with Gasteiger partial charge in [-0.15, -0.1) is 0 Å². The van der Waals surface area contributed by atoms with Crippen LogP contribution in [-0.4, -0.2) is 36.7 Å². The predicted molar refractivity (Wildman–Crippen MR) is 112 cm³/mol. The molecular weight excluding hydrogens is 441 g/mol. The lowest BCUT2D eigenvalue weighted by atomic mass is 10.2. The molecule has 10 heteroatoms. The number of carbonyl (C=O) groups excluding carboxylic acids is 1. The predicted octanol–water partition coefficient (Wildman–Crippen LogP) is 4.64. The van der Waals surface area contributed by atoms with Gasteiger partial charge < -0.3 is 0 Å². The number of nitrogens with one attached hydrogen (secondary N) is 1. The van der Waals surface area contributed by atoms with E-state index in [1.54, 1.807) is 12.1 Å². The van der Waals surface area contributed by atoms with Crippen LogP contribution in [0.25, 0.3) is 10.2 Å². The minimum absolute atomic E-state index is 0.187. The monoisotopic (exact) mass is 455 g/mol. The first-order chi connectivity index (χ1) is 13.3. The molecule has 0 saturated carbocycles. The zero-order chi connectivity index (χ0) is 19.9. The fourth-order valence-corrected chi connectivity index (χ4v) is 6.14. The van der Waals surface area contributed by atoms with Crippen LogP contribution in [0.15, 0.2) is 41.3 Å². The van der Waals surface area contributed by atoms with Gasteiger partial charge in [0.1, 0.15) is 5.52 Å². The van der Waals surface area contributed by atoms with Crippen molar-refractivity contribution < 1.29 is 13.2 Å². The summed E-state index contributed by atoms with van der Waals surface area (Å²) in [6.45, 7) is 1.07. The normalized spacial score (nSPS) is 15.2. The number of benzene rings is 2. The molecule has 1 fully saturated rings. The maximum absolute atomic E-state index is 12.6. The van der Waals surface area contributed by atoms with E-state index in [0.717, 1.165) is 17.5 Å². The lowest BCUT2D eigenvalue weighted by molar-refractivity contribution is 0.102. The van der Waals surface area contributed by atoms with E-state index in [1.807, 2.05) is 0 Å². The Hall–Kier alpha value is -1.71. The largest absolute Gasteiger partial charge is 0.298 e. The number of halogens is 2. The van der Waals surface area contributed by atoms with Gasteiger partial charge in [0.15, 0.2) is 5.13 Å². The molecule has 0 atom stereocenters. The first kappa shape index (κ1) is 19.6. The zero-order valence-electron chi connectivity index (χ0n) is 14.5. The molecule has 2 heterocycles. The van der Waals surface area contributed by atoms with Crippen LogP contribution >= 0.6 is 34.5 Å². The summed E-state index contributed by atoms with van der Waals surface area (Å²) in [6.07, 6.45) is 1.74. The molecule has 1 saturated heterocycles. The molecule has 1 aliphatic heterocycles. The van der Waals surface area contributed by atoms with Crippen LogP contribution < -0.4 is 5.32 Å². The molecule has 1 N–H and O–H groups in total. The summed E-state index contributed by atoms with van der Waals surface area (Å²) in [5.41, 5.74) is 0.905. The van der Waals surface area contributed by atoms with Crippen LogP contribution in [0.3, 0.4) is 0 Å². The Morgan fingerprint density at radius 3 is 2.46 bits per heavy atom. The van der Waals surface area contributed by atoms with E-state index in [4.69, 9.17) is 23.2 Å². The third kappa shape index (κ3) is 3.75. The molecule has 4 rings (SSSR count). The molecule has 6 nitrogen and oxygen atoms in total. The average molecular weight is 456 g/mol. The highest BCUT2D eigenvalue weighted by molar-refractivity contribution is 7.89. The van der Waals surface area contributed by atoms with Crippen LogP contribution in [0, 0.1) is 0 Å². The molecule has 2 aromatic carbocycles. The summed E-state index contributed by atoms with van der Waals surface area (Å²) in [7, 11) is -3.50. The highest BCUT2D eigenvalue weighted by atomic mass is 35.5. The van der Waals surface area contributed by atoms with Gasteiger partial charge in [-0.05, 0) is 49.2 Å². The van der Waals surface area contributed by atoms with Crippen LogP contribution in [-0.2, 0) is 10.0 Å². The minimum atomic E-state index is -3.50. The highest BCUT2D eigenvalue weighted by Gasteiger charge is 2.27. The Bertz CT molecular complexity index is 1150. The Labute approximate surface area is 176 Å². The van der Waals surface area contributed by atoms with Crippen molar-refractivity contribution in [2.45, 2.75) is 17.7 Å². The van der Waals surface area contributed by atoms with Crippen molar-refractivity contribution in [3.05, 3.63) is 52.0 Å². The summed E-state index contributed by atoms with van der Waals surface area (Å²) >= 11 is 13.4. The molecule has 146 valence electrons. The molecule has 1 aromatic heterocycles. The summed E-state index contributed by atoms with van der Waals surface area (Å²) in [5, 5.41) is 4.01. The summed E-state index contributed by atoms with van der Waals surface area (Å²) in [5.74, 6) is -0.383. The molecule has 3 aromatic rings. The van der Waals surface area contributed by atoms with Gasteiger partial charge in [0.25, 0.3) is 5.91 Å². The number of fused-ring (bicyclic) bond motifs is 1. The number of rotatable bonds is 4. The van der Waals surface area contributed by atoms with Crippen LogP contribution in [0.1, 0.15) is 23.2 Å². The Morgan fingerprint density at radius 2 is 1.79 bits per heavy atom. The third-order valence-corrected chi connectivity index (χ3v) is 7.79. The number of hydrogen-bond acceptors (Lipinski definition) is 5.